The van der Waals surface area contributed by atoms with Crippen molar-refractivity contribution >= 4 is 29.2 Å². The Morgan fingerprint density at radius 2 is 1.49 bits per heavy atom. The molecule has 10 nitrogen and oxygen atoms in total. The summed E-state index contributed by atoms with van der Waals surface area (Å²) in [5.74, 6) is -0.120. The minimum Gasteiger partial charge on any atom is -0.444 e. The van der Waals surface area contributed by atoms with E-state index < -0.39 is 12.1 Å². The maximum atomic E-state index is 13.9. The molecule has 3 atom stereocenters. The molecule has 1 saturated heterocycles. The van der Waals surface area contributed by atoms with Crippen LogP contribution in [0.2, 0.25) is 0 Å². The molecule has 0 unspecified atom stereocenters. The van der Waals surface area contributed by atoms with Crippen LogP contribution in [-0.2, 0) is 38.5 Å². The van der Waals surface area contributed by atoms with Crippen molar-refractivity contribution < 1.29 is 23.9 Å². The maximum Gasteiger partial charge on any atom is 0.407 e. The minimum atomic E-state index is -0.651. The molecule has 254 valence electrons. The molecule has 1 fully saturated rings. The van der Waals surface area contributed by atoms with Gasteiger partial charge >= 0.3 is 6.09 Å². The number of ether oxygens (including phenoxy) is 2. The number of aromatic nitrogens is 1. The number of rotatable bonds is 18. The van der Waals surface area contributed by atoms with Crippen LogP contribution in [0.15, 0.2) is 72.4 Å². The summed E-state index contributed by atoms with van der Waals surface area (Å²) in [6, 6.07) is 19.0. The summed E-state index contributed by atoms with van der Waals surface area (Å²) >= 11 is 1.44. The molecule has 4 rings (SSSR count). The molecule has 0 spiro atoms. The molecule has 0 bridgehead atoms. The second kappa shape index (κ2) is 19.8. The van der Waals surface area contributed by atoms with Gasteiger partial charge in [-0.05, 0) is 49.1 Å². The van der Waals surface area contributed by atoms with E-state index in [-0.39, 0.29) is 36.4 Å². The van der Waals surface area contributed by atoms with E-state index in [2.05, 4.69) is 38.0 Å². The fourth-order valence-electron chi connectivity index (χ4n) is 5.64. The number of carbonyl (C=O) groups excluding carboxylic acids is 3. The monoisotopic (exact) mass is 663 g/mol. The fourth-order valence-corrected chi connectivity index (χ4v) is 6.15. The van der Waals surface area contributed by atoms with Gasteiger partial charge in [0.05, 0.1) is 23.6 Å². The number of carbonyl (C=O) groups is 3. The average molecular weight is 664 g/mol. The molecule has 1 aromatic heterocycles. The molecule has 47 heavy (non-hydrogen) atoms. The number of nitrogens with one attached hydrogen (secondary N) is 3. The van der Waals surface area contributed by atoms with Gasteiger partial charge < -0.3 is 25.4 Å². The standard InChI is InChI=1S/C36H49N5O5S/c1-27(2)21-34(42)40-33(15-16-41-17-19-45-20-18-41)35(43)38-30(22-28-9-5-3-6-10-28)13-14-31(23-29-11-7-4-8-12-29)39-36(44)46-25-32-24-37-26-47-32/h3-12,24,26-27,30-31,33H,13-23,25H2,1-2H3,(H,38,43)(H,39,44)(H,40,42)/t30-,31-,33+/m1/s1. The number of hydrogen-bond acceptors (Lipinski definition) is 8. The summed E-state index contributed by atoms with van der Waals surface area (Å²) in [7, 11) is 0. The van der Waals surface area contributed by atoms with Crippen LogP contribution in [0.25, 0.3) is 0 Å². The molecular formula is C36H49N5O5S. The predicted octanol–water partition coefficient (Wildman–Crippen LogP) is 4.74. The Morgan fingerprint density at radius 3 is 2.06 bits per heavy atom. The van der Waals surface area contributed by atoms with Crippen LogP contribution in [-0.4, -0.2) is 78.8 Å². The Morgan fingerprint density at radius 1 is 0.872 bits per heavy atom. The lowest BCUT2D eigenvalue weighted by Gasteiger charge is -2.29. The van der Waals surface area contributed by atoms with Crippen LogP contribution in [0.1, 0.15) is 55.5 Å². The van der Waals surface area contributed by atoms with Gasteiger partial charge in [0.1, 0.15) is 12.6 Å². The summed E-state index contributed by atoms with van der Waals surface area (Å²) in [5.41, 5.74) is 3.90. The third kappa shape index (κ3) is 13.8. The van der Waals surface area contributed by atoms with Crippen molar-refractivity contribution in [2.45, 2.75) is 77.1 Å². The molecule has 1 aliphatic rings. The molecule has 0 aliphatic carbocycles. The van der Waals surface area contributed by atoms with Crippen LogP contribution in [0.5, 0.6) is 0 Å². The van der Waals surface area contributed by atoms with Crippen LogP contribution < -0.4 is 16.0 Å². The summed E-state index contributed by atoms with van der Waals surface area (Å²) in [5, 5.41) is 9.36. The first-order valence-corrected chi connectivity index (χ1v) is 17.5. The lowest BCUT2D eigenvalue weighted by atomic mass is 9.95. The Kier molecular flexibility index (Phi) is 15.2. The van der Waals surface area contributed by atoms with E-state index in [1.54, 1.807) is 11.7 Å². The summed E-state index contributed by atoms with van der Waals surface area (Å²) in [4.78, 5) is 46.8. The normalized spacial score (nSPS) is 15.4. The molecule has 1 aliphatic heterocycles. The lowest BCUT2D eigenvalue weighted by Crippen LogP contribution is -2.52. The van der Waals surface area contributed by atoms with Gasteiger partial charge in [-0.15, -0.1) is 11.3 Å². The van der Waals surface area contributed by atoms with Crippen molar-refractivity contribution in [3.8, 4) is 0 Å². The molecule has 11 heteroatoms. The quantitative estimate of drug-likeness (QED) is 0.180. The molecular weight excluding hydrogens is 614 g/mol. The number of alkyl carbamates (subject to hydrolysis) is 1. The third-order valence-corrected chi connectivity index (χ3v) is 8.85. The van der Waals surface area contributed by atoms with E-state index in [0.29, 0.717) is 58.3 Å². The van der Waals surface area contributed by atoms with Crippen molar-refractivity contribution in [1.29, 1.82) is 0 Å². The highest BCUT2D eigenvalue weighted by atomic mass is 32.1. The zero-order valence-electron chi connectivity index (χ0n) is 27.6. The second-order valence-electron chi connectivity index (χ2n) is 12.5. The summed E-state index contributed by atoms with van der Waals surface area (Å²) in [6.07, 6.45) is 4.55. The molecule has 0 radical (unpaired) electrons. The first-order valence-electron chi connectivity index (χ1n) is 16.6. The number of morpholine rings is 1. The van der Waals surface area contributed by atoms with Gasteiger partial charge in [0.25, 0.3) is 0 Å². The first kappa shape index (κ1) is 36.0. The largest absolute Gasteiger partial charge is 0.444 e. The van der Waals surface area contributed by atoms with Gasteiger partial charge in [0.15, 0.2) is 0 Å². The predicted molar refractivity (Wildman–Crippen MR) is 184 cm³/mol. The number of benzene rings is 2. The minimum absolute atomic E-state index is 0.120. The van der Waals surface area contributed by atoms with E-state index in [1.165, 1.54) is 11.3 Å². The smallest absolute Gasteiger partial charge is 0.407 e. The Labute approximate surface area is 282 Å². The van der Waals surface area contributed by atoms with Gasteiger partial charge in [-0.25, -0.2) is 4.79 Å². The van der Waals surface area contributed by atoms with Gasteiger partial charge in [-0.3, -0.25) is 19.5 Å². The van der Waals surface area contributed by atoms with Crippen LogP contribution in [0.3, 0.4) is 0 Å². The maximum absolute atomic E-state index is 13.9. The van der Waals surface area contributed by atoms with Gasteiger partial charge in [-0.2, -0.15) is 0 Å². The zero-order chi connectivity index (χ0) is 33.3. The van der Waals surface area contributed by atoms with Crippen LogP contribution in [0.4, 0.5) is 4.79 Å². The molecule has 0 saturated carbocycles. The third-order valence-electron chi connectivity index (χ3n) is 8.09. The van der Waals surface area contributed by atoms with Crippen molar-refractivity contribution in [2.24, 2.45) is 5.92 Å². The van der Waals surface area contributed by atoms with Crippen molar-refractivity contribution in [1.82, 2.24) is 25.8 Å². The first-order chi connectivity index (χ1) is 22.8. The fraction of sp³-hybridized carbons (Fsp3) is 0.500. The van der Waals surface area contributed by atoms with Crippen molar-refractivity contribution in [3.63, 3.8) is 0 Å². The van der Waals surface area contributed by atoms with Gasteiger partial charge in [0, 0.05) is 44.3 Å². The van der Waals surface area contributed by atoms with E-state index in [1.807, 2.05) is 62.4 Å². The average Bonchev–Trinajstić information content (AvgIpc) is 3.59. The number of thiazole rings is 1. The molecule has 2 heterocycles. The number of amides is 3. The molecule has 3 N–H and O–H groups in total. The van der Waals surface area contributed by atoms with Crippen LogP contribution >= 0.6 is 11.3 Å². The Balaban J connectivity index is 1.45. The molecule has 3 aromatic rings. The van der Waals surface area contributed by atoms with Crippen molar-refractivity contribution in [3.05, 3.63) is 88.4 Å². The van der Waals surface area contributed by atoms with E-state index >= 15 is 0 Å². The van der Waals surface area contributed by atoms with Crippen molar-refractivity contribution in [2.75, 3.05) is 32.8 Å². The Bertz CT molecular complexity index is 1340. The van der Waals surface area contributed by atoms with Crippen LogP contribution in [0, 0.1) is 5.92 Å². The van der Waals surface area contributed by atoms with Gasteiger partial charge in [0.2, 0.25) is 11.8 Å². The summed E-state index contributed by atoms with van der Waals surface area (Å²) < 4.78 is 11.0. The summed E-state index contributed by atoms with van der Waals surface area (Å²) in [6.45, 7) is 7.82. The zero-order valence-corrected chi connectivity index (χ0v) is 28.4. The van der Waals surface area contributed by atoms with E-state index in [9.17, 15) is 14.4 Å². The topological polar surface area (TPSA) is 122 Å². The second-order valence-corrected chi connectivity index (χ2v) is 13.5. The highest BCUT2D eigenvalue weighted by molar-refractivity contribution is 7.09. The molecule has 2 aromatic carbocycles. The SMILES string of the molecule is CC(C)CC(=O)N[C@@H](CCN1CCOCC1)C(=O)N[C@H](CC[C@H](Cc1ccccc1)NC(=O)OCc1cncs1)Cc1ccccc1. The Hall–Kier alpha value is -3.80. The van der Waals surface area contributed by atoms with E-state index in [4.69, 9.17) is 9.47 Å². The number of hydrogen-bond donors (Lipinski definition) is 3. The van der Waals surface area contributed by atoms with E-state index in [0.717, 1.165) is 29.1 Å². The highest BCUT2D eigenvalue weighted by Gasteiger charge is 2.26. The van der Waals surface area contributed by atoms with Gasteiger partial charge in [-0.1, -0.05) is 74.5 Å². The lowest BCUT2D eigenvalue weighted by molar-refractivity contribution is -0.130. The highest BCUT2D eigenvalue weighted by Crippen LogP contribution is 2.15. The number of nitrogens with zero attached hydrogens (tertiary/aromatic N) is 2. The molecule has 3 amide bonds.